The van der Waals surface area contributed by atoms with Gasteiger partial charge in [-0.1, -0.05) is 29.8 Å². The highest BCUT2D eigenvalue weighted by atomic mass is 35.5. The van der Waals surface area contributed by atoms with Crippen molar-refractivity contribution >= 4 is 28.5 Å². The highest BCUT2D eigenvalue weighted by Crippen LogP contribution is 2.29. The molecule has 0 spiro atoms. The van der Waals surface area contributed by atoms with Crippen molar-refractivity contribution in [2.75, 3.05) is 5.73 Å². The van der Waals surface area contributed by atoms with E-state index in [9.17, 15) is 9.90 Å². The van der Waals surface area contributed by atoms with Crippen molar-refractivity contribution in [2.45, 2.75) is 6.54 Å². The van der Waals surface area contributed by atoms with Gasteiger partial charge in [0.1, 0.15) is 11.3 Å². The van der Waals surface area contributed by atoms with Crippen LogP contribution in [0.4, 0.5) is 5.69 Å². The van der Waals surface area contributed by atoms with Crippen LogP contribution in [0.3, 0.4) is 0 Å². The number of hydrogen-bond donors (Lipinski definition) is 1. The molecule has 2 heterocycles. The fraction of sp³-hybridized carbons (Fsp3) is 0.105. The normalized spacial score (nSPS) is 11.1. The van der Waals surface area contributed by atoms with Crippen molar-refractivity contribution in [3.05, 3.63) is 69.6 Å². The van der Waals surface area contributed by atoms with E-state index in [1.54, 1.807) is 41.0 Å². The number of hydrogen-bond acceptors (Lipinski definition) is 6. The third-order valence-corrected chi connectivity index (χ3v) is 4.49. The minimum Gasteiger partial charge on any atom is -0.857 e. The summed E-state index contributed by atoms with van der Waals surface area (Å²) in [6.07, 6.45) is 0. The van der Waals surface area contributed by atoms with Crippen LogP contribution in [-0.2, 0) is 13.6 Å². The maximum Gasteiger partial charge on any atom is 0.348 e. The Morgan fingerprint density at radius 2 is 1.93 bits per heavy atom. The number of halogens is 1. The van der Waals surface area contributed by atoms with Crippen LogP contribution in [0.1, 0.15) is 5.56 Å². The van der Waals surface area contributed by atoms with Gasteiger partial charge in [0.15, 0.2) is 5.65 Å². The van der Waals surface area contributed by atoms with Gasteiger partial charge in [0.2, 0.25) is 0 Å². The Bertz CT molecular complexity index is 1230. The predicted molar refractivity (Wildman–Crippen MR) is 104 cm³/mol. The van der Waals surface area contributed by atoms with Gasteiger partial charge in [0.25, 0.3) is 0 Å². The first-order valence-electron chi connectivity index (χ1n) is 8.34. The smallest absolute Gasteiger partial charge is 0.348 e. The van der Waals surface area contributed by atoms with Crippen molar-refractivity contribution in [3.63, 3.8) is 0 Å². The second-order valence-electron chi connectivity index (χ2n) is 6.21. The van der Waals surface area contributed by atoms with E-state index in [0.29, 0.717) is 16.5 Å². The molecule has 28 heavy (non-hydrogen) atoms. The van der Waals surface area contributed by atoms with E-state index in [2.05, 4.69) is 9.97 Å². The van der Waals surface area contributed by atoms with Crippen LogP contribution in [0.5, 0.6) is 17.6 Å². The van der Waals surface area contributed by atoms with Crippen molar-refractivity contribution < 1.29 is 9.84 Å². The standard InChI is InChI=1S/C19H16ClN5O3/c1-24-16-15(17(26)23-18(24)27)25(10-11-5-7-12(20)8-6-11)19(22-16)28-14-4-2-3-13(21)9-14/h2-9H,10,21H2,1H3,(H,23,26,27)/p-1. The van der Waals surface area contributed by atoms with Gasteiger partial charge < -0.3 is 15.6 Å². The number of nitrogen functional groups attached to an aromatic ring is 1. The molecule has 142 valence electrons. The van der Waals surface area contributed by atoms with Gasteiger partial charge in [-0.15, -0.1) is 0 Å². The van der Waals surface area contributed by atoms with Gasteiger partial charge >= 0.3 is 11.7 Å². The lowest BCUT2D eigenvalue weighted by molar-refractivity contribution is -0.273. The molecule has 0 radical (unpaired) electrons. The van der Waals surface area contributed by atoms with Crippen molar-refractivity contribution in [1.29, 1.82) is 0 Å². The molecule has 4 rings (SSSR count). The van der Waals surface area contributed by atoms with Crippen LogP contribution in [-0.4, -0.2) is 19.1 Å². The van der Waals surface area contributed by atoms with Crippen molar-refractivity contribution in [1.82, 2.24) is 19.1 Å². The topological polar surface area (TPSA) is 111 Å². The largest absolute Gasteiger partial charge is 0.857 e. The number of ether oxygens (including phenoxy) is 1. The minimum atomic E-state index is -0.677. The molecule has 2 aromatic carbocycles. The van der Waals surface area contributed by atoms with Crippen LogP contribution in [0.15, 0.2) is 53.3 Å². The summed E-state index contributed by atoms with van der Waals surface area (Å²) < 4.78 is 8.67. The minimum absolute atomic E-state index is 0.149. The molecule has 0 aliphatic rings. The Labute approximate surface area is 164 Å². The van der Waals surface area contributed by atoms with Gasteiger partial charge in [0.05, 0.1) is 6.54 Å². The van der Waals surface area contributed by atoms with E-state index >= 15 is 0 Å². The maximum atomic E-state index is 12.5. The van der Waals surface area contributed by atoms with E-state index < -0.39 is 11.6 Å². The third-order valence-electron chi connectivity index (χ3n) is 4.24. The summed E-state index contributed by atoms with van der Waals surface area (Å²) in [7, 11) is 1.50. The number of anilines is 1. The molecule has 0 aliphatic heterocycles. The monoisotopic (exact) mass is 396 g/mol. The first-order chi connectivity index (χ1) is 13.4. The zero-order valence-corrected chi connectivity index (χ0v) is 15.6. The number of nitrogens with two attached hydrogens (primary N) is 1. The van der Waals surface area contributed by atoms with Crippen LogP contribution in [0.2, 0.25) is 5.02 Å². The Morgan fingerprint density at radius 1 is 1.18 bits per heavy atom. The number of benzene rings is 2. The number of fused-ring (bicyclic) bond motifs is 1. The average Bonchev–Trinajstić information content (AvgIpc) is 3.00. The number of rotatable bonds is 4. The summed E-state index contributed by atoms with van der Waals surface area (Å²) >= 11 is 5.95. The number of imidazole rings is 1. The lowest BCUT2D eigenvalue weighted by atomic mass is 10.2. The molecule has 0 saturated carbocycles. The van der Waals surface area contributed by atoms with Crippen LogP contribution in [0, 0.1) is 0 Å². The third kappa shape index (κ3) is 3.25. The number of aromatic nitrogens is 4. The summed E-state index contributed by atoms with van der Waals surface area (Å²) in [6.45, 7) is 0.278. The molecule has 2 N–H and O–H groups in total. The molecule has 0 amide bonds. The molecule has 0 unspecified atom stereocenters. The maximum absolute atomic E-state index is 12.5. The van der Waals surface area contributed by atoms with Gasteiger partial charge in [-0.05, 0) is 29.8 Å². The van der Waals surface area contributed by atoms with E-state index in [1.807, 2.05) is 12.1 Å². The van der Waals surface area contributed by atoms with Gasteiger partial charge in [-0.2, -0.15) is 4.98 Å². The van der Waals surface area contributed by atoms with E-state index in [1.165, 1.54) is 11.6 Å². The summed E-state index contributed by atoms with van der Waals surface area (Å²) in [4.78, 5) is 19.8. The van der Waals surface area contributed by atoms with Crippen LogP contribution < -0.4 is 21.3 Å². The first kappa shape index (κ1) is 17.9. The van der Waals surface area contributed by atoms with E-state index in [0.717, 1.165) is 5.56 Å². The molecular weight excluding hydrogens is 382 g/mol. The Morgan fingerprint density at radius 3 is 2.64 bits per heavy atom. The highest BCUT2D eigenvalue weighted by Gasteiger charge is 2.18. The predicted octanol–water partition coefficient (Wildman–Crippen LogP) is 2.28. The van der Waals surface area contributed by atoms with Gasteiger partial charge in [-0.25, -0.2) is 9.78 Å². The SMILES string of the molecule is Cn1c(=O)nc([O-])c2c1nc(Oc1cccc(N)c1)n2Cc1ccc(Cl)cc1. The second-order valence-corrected chi connectivity index (χ2v) is 6.65. The summed E-state index contributed by atoms with van der Waals surface area (Å²) in [6, 6.07) is 14.1. The zero-order valence-electron chi connectivity index (χ0n) is 14.8. The van der Waals surface area contributed by atoms with Crippen LogP contribution >= 0.6 is 11.6 Å². The molecule has 8 nitrogen and oxygen atoms in total. The van der Waals surface area contributed by atoms with E-state index in [4.69, 9.17) is 22.1 Å². The number of aryl methyl sites for hydroxylation is 1. The zero-order chi connectivity index (χ0) is 19.8. The summed E-state index contributed by atoms with van der Waals surface area (Å²) in [5, 5.41) is 13.1. The lowest BCUT2D eigenvalue weighted by Gasteiger charge is -2.13. The fourth-order valence-electron chi connectivity index (χ4n) is 2.85. The summed E-state index contributed by atoms with van der Waals surface area (Å²) in [5.41, 5.74) is 6.89. The first-order valence-corrected chi connectivity index (χ1v) is 8.72. The molecule has 0 atom stereocenters. The fourth-order valence-corrected chi connectivity index (χ4v) is 2.98. The highest BCUT2D eigenvalue weighted by molar-refractivity contribution is 6.30. The van der Waals surface area contributed by atoms with Gasteiger partial charge in [0, 0.05) is 29.7 Å². The Kier molecular flexibility index (Phi) is 4.40. The molecule has 9 heteroatoms. The quantitative estimate of drug-likeness (QED) is 0.530. The molecular formula is C19H15ClN5O3-. The van der Waals surface area contributed by atoms with Gasteiger partial charge in [-0.3, -0.25) is 9.13 Å². The molecule has 4 aromatic rings. The molecule has 0 aliphatic carbocycles. The molecule has 0 fully saturated rings. The summed E-state index contributed by atoms with van der Waals surface area (Å²) in [5.74, 6) is -0.208. The van der Waals surface area contributed by atoms with Crippen molar-refractivity contribution in [3.8, 4) is 17.6 Å². The van der Waals surface area contributed by atoms with Crippen LogP contribution in [0.25, 0.3) is 11.2 Å². The molecule has 2 aromatic heterocycles. The number of nitrogens with zero attached hydrogens (tertiary/aromatic N) is 4. The van der Waals surface area contributed by atoms with Crippen molar-refractivity contribution in [2.24, 2.45) is 7.05 Å². The lowest BCUT2D eigenvalue weighted by Crippen LogP contribution is -2.22. The average molecular weight is 397 g/mol. The molecule has 0 bridgehead atoms. The Hall–Kier alpha value is -3.52. The van der Waals surface area contributed by atoms with E-state index in [-0.39, 0.29) is 23.7 Å². The molecule has 0 saturated heterocycles. The second kappa shape index (κ2) is 6.90. The Balaban J connectivity index is 1.89.